The standard InChI is InChI=1S/C10H23N3/c1-10-9-11-5-8-13(10)7-4-6-12(2)3/h10-11H,4-9H2,1-3H3. The van der Waals surface area contributed by atoms with Crippen molar-refractivity contribution < 1.29 is 0 Å². The quantitative estimate of drug-likeness (QED) is 0.676. The smallest absolute Gasteiger partial charge is 0.0192 e. The molecule has 0 aromatic rings. The van der Waals surface area contributed by atoms with Crippen LogP contribution in [0.1, 0.15) is 13.3 Å². The molecule has 1 rings (SSSR count). The predicted molar refractivity (Wildman–Crippen MR) is 57.1 cm³/mol. The molecule has 1 unspecified atom stereocenters. The van der Waals surface area contributed by atoms with E-state index in [1.165, 1.54) is 26.1 Å². The third-order valence-corrected chi connectivity index (χ3v) is 2.69. The van der Waals surface area contributed by atoms with Gasteiger partial charge in [-0.15, -0.1) is 0 Å². The van der Waals surface area contributed by atoms with E-state index in [0.717, 1.165) is 19.1 Å². The molecule has 0 bridgehead atoms. The lowest BCUT2D eigenvalue weighted by molar-refractivity contribution is 0.166. The normalized spacial score (nSPS) is 25.4. The fourth-order valence-electron chi connectivity index (χ4n) is 1.81. The first-order chi connectivity index (χ1) is 6.20. The highest BCUT2D eigenvalue weighted by Crippen LogP contribution is 2.02. The number of nitrogens with one attached hydrogen (secondary N) is 1. The molecule has 1 atom stereocenters. The second kappa shape index (κ2) is 5.58. The lowest BCUT2D eigenvalue weighted by Crippen LogP contribution is -2.50. The van der Waals surface area contributed by atoms with Crippen molar-refractivity contribution in [2.24, 2.45) is 0 Å². The summed E-state index contributed by atoms with van der Waals surface area (Å²) in [7, 11) is 4.28. The van der Waals surface area contributed by atoms with Gasteiger partial charge in [0, 0.05) is 25.7 Å². The van der Waals surface area contributed by atoms with Gasteiger partial charge >= 0.3 is 0 Å². The van der Waals surface area contributed by atoms with Gasteiger partial charge in [0.2, 0.25) is 0 Å². The highest BCUT2D eigenvalue weighted by atomic mass is 15.2. The monoisotopic (exact) mass is 185 g/mol. The minimum Gasteiger partial charge on any atom is -0.314 e. The lowest BCUT2D eigenvalue weighted by atomic mass is 10.2. The topological polar surface area (TPSA) is 18.5 Å². The van der Waals surface area contributed by atoms with Crippen molar-refractivity contribution in [2.45, 2.75) is 19.4 Å². The van der Waals surface area contributed by atoms with Crippen molar-refractivity contribution in [1.82, 2.24) is 15.1 Å². The second-order valence-electron chi connectivity index (χ2n) is 4.25. The zero-order valence-electron chi connectivity index (χ0n) is 9.21. The summed E-state index contributed by atoms with van der Waals surface area (Å²) >= 11 is 0. The first-order valence-corrected chi connectivity index (χ1v) is 5.29. The van der Waals surface area contributed by atoms with Gasteiger partial charge < -0.3 is 10.2 Å². The van der Waals surface area contributed by atoms with Gasteiger partial charge in [0.25, 0.3) is 0 Å². The SMILES string of the molecule is CC1CNCCN1CCCN(C)C. The molecule has 3 heteroatoms. The van der Waals surface area contributed by atoms with Crippen molar-refractivity contribution in [3.05, 3.63) is 0 Å². The molecule has 1 saturated heterocycles. The Morgan fingerprint density at radius 1 is 1.46 bits per heavy atom. The molecule has 1 aliphatic rings. The van der Waals surface area contributed by atoms with Crippen LogP contribution >= 0.6 is 0 Å². The van der Waals surface area contributed by atoms with Gasteiger partial charge in [-0.3, -0.25) is 4.90 Å². The summed E-state index contributed by atoms with van der Waals surface area (Å²) < 4.78 is 0. The zero-order chi connectivity index (χ0) is 9.68. The molecule has 0 aliphatic carbocycles. The maximum Gasteiger partial charge on any atom is 0.0192 e. The van der Waals surface area contributed by atoms with E-state index in [2.05, 4.69) is 36.1 Å². The van der Waals surface area contributed by atoms with Crippen LogP contribution in [-0.4, -0.2) is 62.7 Å². The largest absolute Gasteiger partial charge is 0.314 e. The van der Waals surface area contributed by atoms with Gasteiger partial charge in [0.05, 0.1) is 0 Å². The number of hydrogen-bond donors (Lipinski definition) is 1. The molecule has 0 amide bonds. The number of rotatable bonds is 4. The average molecular weight is 185 g/mol. The second-order valence-corrected chi connectivity index (χ2v) is 4.25. The minimum atomic E-state index is 0.718. The number of hydrogen-bond acceptors (Lipinski definition) is 3. The average Bonchev–Trinajstić information content (AvgIpc) is 2.08. The molecule has 0 spiro atoms. The molecule has 0 aromatic carbocycles. The molecule has 3 nitrogen and oxygen atoms in total. The van der Waals surface area contributed by atoms with E-state index in [9.17, 15) is 0 Å². The Balaban J connectivity index is 2.11. The van der Waals surface area contributed by atoms with E-state index in [1.54, 1.807) is 0 Å². The Morgan fingerprint density at radius 3 is 2.85 bits per heavy atom. The molecule has 1 aliphatic heterocycles. The fourth-order valence-corrected chi connectivity index (χ4v) is 1.81. The number of nitrogens with zero attached hydrogens (tertiary/aromatic N) is 2. The first-order valence-electron chi connectivity index (χ1n) is 5.29. The fraction of sp³-hybridized carbons (Fsp3) is 1.00. The number of piperazine rings is 1. The molecule has 1 heterocycles. The highest BCUT2D eigenvalue weighted by Gasteiger charge is 2.16. The van der Waals surface area contributed by atoms with E-state index >= 15 is 0 Å². The summed E-state index contributed by atoms with van der Waals surface area (Å²) in [6.07, 6.45) is 1.29. The van der Waals surface area contributed by atoms with Crippen molar-refractivity contribution >= 4 is 0 Å². The van der Waals surface area contributed by atoms with Gasteiger partial charge in [-0.05, 0) is 40.5 Å². The summed E-state index contributed by atoms with van der Waals surface area (Å²) in [5.41, 5.74) is 0. The van der Waals surface area contributed by atoms with Crippen molar-refractivity contribution in [3.8, 4) is 0 Å². The molecule has 0 saturated carbocycles. The summed E-state index contributed by atoms with van der Waals surface area (Å²) in [5, 5.41) is 3.41. The molecular weight excluding hydrogens is 162 g/mol. The summed E-state index contributed by atoms with van der Waals surface area (Å²) in [6.45, 7) is 8.29. The molecular formula is C10H23N3. The van der Waals surface area contributed by atoms with Crippen LogP contribution in [-0.2, 0) is 0 Å². The lowest BCUT2D eigenvalue weighted by Gasteiger charge is -2.34. The van der Waals surface area contributed by atoms with E-state index in [-0.39, 0.29) is 0 Å². The Labute approximate surface area is 82.1 Å². The molecule has 1 N–H and O–H groups in total. The minimum absolute atomic E-state index is 0.718. The highest BCUT2D eigenvalue weighted by molar-refractivity contribution is 4.75. The van der Waals surface area contributed by atoms with Crippen LogP contribution in [0.15, 0.2) is 0 Å². The molecule has 13 heavy (non-hydrogen) atoms. The van der Waals surface area contributed by atoms with Crippen molar-refractivity contribution in [3.63, 3.8) is 0 Å². The maximum absolute atomic E-state index is 3.41. The van der Waals surface area contributed by atoms with Crippen molar-refractivity contribution in [1.29, 1.82) is 0 Å². The third-order valence-electron chi connectivity index (χ3n) is 2.69. The van der Waals surface area contributed by atoms with E-state index in [1.807, 2.05) is 0 Å². The third kappa shape index (κ3) is 4.07. The van der Waals surface area contributed by atoms with Crippen LogP contribution in [0.25, 0.3) is 0 Å². The first kappa shape index (κ1) is 11.0. The summed E-state index contributed by atoms with van der Waals surface area (Å²) in [6, 6.07) is 0.718. The van der Waals surface area contributed by atoms with Gasteiger partial charge in [-0.25, -0.2) is 0 Å². The zero-order valence-corrected chi connectivity index (χ0v) is 9.21. The Bertz CT molecular complexity index is 136. The predicted octanol–water partition coefficient (Wildman–Crippen LogP) is 0.232. The Kier molecular flexibility index (Phi) is 4.70. The van der Waals surface area contributed by atoms with Crippen LogP contribution in [0, 0.1) is 0 Å². The van der Waals surface area contributed by atoms with Gasteiger partial charge in [-0.2, -0.15) is 0 Å². The van der Waals surface area contributed by atoms with Crippen LogP contribution < -0.4 is 5.32 Å². The molecule has 78 valence electrons. The molecule has 0 radical (unpaired) electrons. The summed E-state index contributed by atoms with van der Waals surface area (Å²) in [5.74, 6) is 0. The van der Waals surface area contributed by atoms with Gasteiger partial charge in [0.15, 0.2) is 0 Å². The van der Waals surface area contributed by atoms with Gasteiger partial charge in [-0.1, -0.05) is 0 Å². The Morgan fingerprint density at radius 2 is 2.23 bits per heavy atom. The van der Waals surface area contributed by atoms with Crippen molar-refractivity contribution in [2.75, 3.05) is 46.8 Å². The Hall–Kier alpha value is -0.120. The summed E-state index contributed by atoms with van der Waals surface area (Å²) in [4.78, 5) is 4.84. The van der Waals surface area contributed by atoms with E-state index in [4.69, 9.17) is 0 Å². The van der Waals surface area contributed by atoms with Crippen LogP contribution in [0.3, 0.4) is 0 Å². The van der Waals surface area contributed by atoms with E-state index < -0.39 is 0 Å². The van der Waals surface area contributed by atoms with Crippen LogP contribution in [0.4, 0.5) is 0 Å². The molecule has 1 fully saturated rings. The maximum atomic E-state index is 3.41. The van der Waals surface area contributed by atoms with Crippen LogP contribution in [0.2, 0.25) is 0 Å². The van der Waals surface area contributed by atoms with Gasteiger partial charge in [0.1, 0.15) is 0 Å². The van der Waals surface area contributed by atoms with Crippen LogP contribution in [0.5, 0.6) is 0 Å². The van der Waals surface area contributed by atoms with E-state index in [0.29, 0.717) is 0 Å². The molecule has 0 aromatic heterocycles.